The van der Waals surface area contributed by atoms with Gasteiger partial charge < -0.3 is 24.8 Å². The van der Waals surface area contributed by atoms with Gasteiger partial charge in [-0.05, 0) is 24.1 Å². The van der Waals surface area contributed by atoms with E-state index in [9.17, 15) is 14.7 Å². The number of nitrogens with zero attached hydrogens (tertiary/aromatic N) is 1. The molecule has 2 aliphatic heterocycles. The molecule has 2 aliphatic rings. The molecule has 0 saturated heterocycles. The van der Waals surface area contributed by atoms with Gasteiger partial charge in [-0.1, -0.05) is 18.2 Å². The van der Waals surface area contributed by atoms with Gasteiger partial charge >= 0.3 is 0 Å². The molecular weight excluding hydrogens is 336 g/mol. The van der Waals surface area contributed by atoms with Crippen molar-refractivity contribution >= 4 is 11.8 Å². The highest BCUT2D eigenvalue weighted by atomic mass is 16.7. The predicted octanol–water partition coefficient (Wildman–Crippen LogP) is 1.68. The van der Waals surface area contributed by atoms with Crippen LogP contribution in [0.3, 0.4) is 0 Å². The lowest BCUT2D eigenvalue weighted by molar-refractivity contribution is 0.0776. The van der Waals surface area contributed by atoms with Gasteiger partial charge in [0, 0.05) is 31.3 Å². The van der Waals surface area contributed by atoms with Gasteiger partial charge in [-0.15, -0.1) is 0 Å². The highest BCUT2D eigenvalue weighted by Gasteiger charge is 2.35. The summed E-state index contributed by atoms with van der Waals surface area (Å²) in [6, 6.07) is 8.88. The molecule has 0 radical (unpaired) electrons. The fraction of sp³-hybridized carbons (Fsp3) is 0.263. The molecule has 0 aliphatic carbocycles. The predicted molar refractivity (Wildman–Crippen MR) is 92.5 cm³/mol. The second-order valence-corrected chi connectivity index (χ2v) is 6.27. The monoisotopic (exact) mass is 354 g/mol. The van der Waals surface area contributed by atoms with Crippen LogP contribution in [-0.2, 0) is 13.0 Å². The number of rotatable bonds is 3. The lowest BCUT2D eigenvalue weighted by Gasteiger charge is -2.28. The topological polar surface area (TPSA) is 88.1 Å². The molecule has 0 aromatic heterocycles. The van der Waals surface area contributed by atoms with Gasteiger partial charge in [0.15, 0.2) is 11.5 Å². The average molecular weight is 354 g/mol. The van der Waals surface area contributed by atoms with Crippen molar-refractivity contribution in [1.29, 1.82) is 0 Å². The molecule has 2 amide bonds. The minimum Gasteiger partial charge on any atom is -0.504 e. The van der Waals surface area contributed by atoms with Gasteiger partial charge in [-0.25, -0.2) is 0 Å². The molecule has 0 saturated carbocycles. The Morgan fingerprint density at radius 1 is 1.23 bits per heavy atom. The third kappa shape index (κ3) is 2.52. The van der Waals surface area contributed by atoms with Crippen LogP contribution in [0.25, 0.3) is 0 Å². The van der Waals surface area contributed by atoms with E-state index in [-0.39, 0.29) is 42.2 Å². The molecule has 4 rings (SSSR count). The molecule has 0 bridgehead atoms. The minimum absolute atomic E-state index is 0.0323. The molecule has 7 heteroatoms. The molecule has 2 N–H and O–H groups in total. The number of phenols is 1. The summed E-state index contributed by atoms with van der Waals surface area (Å²) in [7, 11) is 1.69. The normalized spacial score (nSPS) is 15.0. The highest BCUT2D eigenvalue weighted by Crippen LogP contribution is 2.48. The number of carbonyl (C=O) groups is 2. The number of amides is 2. The first-order valence-electron chi connectivity index (χ1n) is 8.33. The van der Waals surface area contributed by atoms with E-state index >= 15 is 0 Å². The molecule has 0 fully saturated rings. The third-order valence-corrected chi connectivity index (χ3v) is 4.72. The number of phenolic OH excluding ortho intramolecular Hbond substituents is 1. The third-order valence-electron chi connectivity index (χ3n) is 4.72. The Morgan fingerprint density at radius 3 is 2.73 bits per heavy atom. The Kier molecular flexibility index (Phi) is 3.91. The molecule has 2 aromatic rings. The number of carbonyl (C=O) groups excluding carboxylic acids is 2. The quantitative estimate of drug-likeness (QED) is 0.876. The number of nitrogens with one attached hydrogen (secondary N) is 1. The number of benzene rings is 2. The van der Waals surface area contributed by atoms with Gasteiger partial charge in [-0.3, -0.25) is 9.59 Å². The maximum Gasteiger partial charge on any atom is 0.257 e. The number of fused-ring (bicyclic) bond motifs is 2. The summed E-state index contributed by atoms with van der Waals surface area (Å²) in [6.45, 7) is 0.680. The molecule has 0 unspecified atom stereocenters. The SMILES string of the molecule is CN1CCc2c(CNC(=O)c3ccccc3)c3c(c(O)c2C1=O)OCO3. The van der Waals surface area contributed by atoms with Crippen LogP contribution in [0.15, 0.2) is 30.3 Å². The first-order valence-corrected chi connectivity index (χ1v) is 8.33. The summed E-state index contributed by atoms with van der Waals surface area (Å²) in [6.07, 6.45) is 0.568. The number of likely N-dealkylation sites (N-methyl/N-ethyl adjacent to an activating group) is 1. The van der Waals surface area contributed by atoms with E-state index in [2.05, 4.69) is 5.32 Å². The van der Waals surface area contributed by atoms with Gasteiger partial charge in [0.05, 0.1) is 5.56 Å². The van der Waals surface area contributed by atoms with Gasteiger partial charge in [0.1, 0.15) is 0 Å². The Bertz CT molecular complexity index is 895. The maximum atomic E-state index is 12.5. The van der Waals surface area contributed by atoms with Crippen LogP contribution in [0.2, 0.25) is 0 Å². The standard InChI is InChI=1S/C19H18N2O5/c1-21-8-7-12-13(9-20-18(23)11-5-3-2-4-6-11)16-17(26-10-25-16)15(22)14(12)19(21)24/h2-6,22H,7-10H2,1H3,(H,20,23). The Hall–Kier alpha value is -3.22. The molecular formula is C19H18N2O5. The van der Waals surface area contributed by atoms with Crippen molar-refractivity contribution < 1.29 is 24.2 Å². The molecule has 2 aromatic carbocycles. The zero-order valence-electron chi connectivity index (χ0n) is 14.2. The smallest absolute Gasteiger partial charge is 0.257 e. The van der Waals surface area contributed by atoms with Crippen LogP contribution in [0.1, 0.15) is 31.8 Å². The fourth-order valence-corrected chi connectivity index (χ4v) is 3.35. The fourth-order valence-electron chi connectivity index (χ4n) is 3.35. The van der Waals surface area contributed by atoms with E-state index in [0.717, 1.165) is 0 Å². The van der Waals surface area contributed by atoms with E-state index in [1.54, 1.807) is 36.2 Å². The number of hydrogen-bond donors (Lipinski definition) is 2. The van der Waals surface area contributed by atoms with Crippen molar-refractivity contribution in [3.63, 3.8) is 0 Å². The van der Waals surface area contributed by atoms with Crippen molar-refractivity contribution in [3.8, 4) is 17.2 Å². The molecule has 26 heavy (non-hydrogen) atoms. The Morgan fingerprint density at radius 2 is 1.96 bits per heavy atom. The number of ether oxygens (including phenoxy) is 2. The van der Waals surface area contributed by atoms with Crippen molar-refractivity contribution in [1.82, 2.24) is 10.2 Å². The molecule has 2 heterocycles. The largest absolute Gasteiger partial charge is 0.504 e. The van der Waals surface area contributed by atoms with Gasteiger partial charge in [0.25, 0.3) is 11.8 Å². The van der Waals surface area contributed by atoms with Crippen molar-refractivity contribution in [2.45, 2.75) is 13.0 Å². The number of aromatic hydroxyl groups is 1. The average Bonchev–Trinajstić information content (AvgIpc) is 3.15. The summed E-state index contributed by atoms with van der Waals surface area (Å²) in [5.41, 5.74) is 2.15. The van der Waals surface area contributed by atoms with Crippen molar-refractivity contribution in [2.24, 2.45) is 0 Å². The minimum atomic E-state index is -0.266. The van der Waals surface area contributed by atoms with Crippen molar-refractivity contribution in [2.75, 3.05) is 20.4 Å². The lowest BCUT2D eigenvalue weighted by atomic mass is 9.91. The van der Waals surface area contributed by atoms with Crippen LogP contribution in [0, 0.1) is 0 Å². The zero-order valence-corrected chi connectivity index (χ0v) is 14.2. The van der Waals surface area contributed by atoms with Crippen molar-refractivity contribution in [3.05, 3.63) is 52.6 Å². The Labute approximate surface area is 150 Å². The number of hydrogen-bond acceptors (Lipinski definition) is 5. The summed E-state index contributed by atoms with van der Waals surface area (Å²) >= 11 is 0. The summed E-state index contributed by atoms with van der Waals surface area (Å²) in [5, 5.41) is 13.3. The second-order valence-electron chi connectivity index (χ2n) is 6.27. The highest BCUT2D eigenvalue weighted by molar-refractivity contribution is 6.01. The van der Waals surface area contributed by atoms with Crippen LogP contribution >= 0.6 is 0 Å². The first kappa shape index (κ1) is 16.3. The lowest BCUT2D eigenvalue weighted by Crippen LogP contribution is -2.35. The van der Waals surface area contributed by atoms with Crippen LogP contribution in [0.4, 0.5) is 0 Å². The van der Waals surface area contributed by atoms with E-state index in [0.29, 0.717) is 35.4 Å². The van der Waals surface area contributed by atoms with E-state index in [1.807, 2.05) is 6.07 Å². The molecule has 0 atom stereocenters. The summed E-state index contributed by atoms with van der Waals surface area (Å²) in [4.78, 5) is 26.4. The van der Waals surface area contributed by atoms with Crippen LogP contribution in [0.5, 0.6) is 17.2 Å². The van der Waals surface area contributed by atoms with E-state index in [4.69, 9.17) is 9.47 Å². The van der Waals surface area contributed by atoms with Gasteiger partial charge in [0.2, 0.25) is 12.5 Å². The van der Waals surface area contributed by atoms with E-state index in [1.165, 1.54) is 0 Å². The first-order chi connectivity index (χ1) is 12.6. The summed E-state index contributed by atoms with van der Waals surface area (Å²) in [5.74, 6) is -0.123. The molecule has 7 nitrogen and oxygen atoms in total. The Balaban J connectivity index is 1.71. The zero-order chi connectivity index (χ0) is 18.3. The second kappa shape index (κ2) is 6.25. The summed E-state index contributed by atoms with van der Waals surface area (Å²) < 4.78 is 10.9. The van der Waals surface area contributed by atoms with Crippen LogP contribution < -0.4 is 14.8 Å². The molecule has 0 spiro atoms. The van der Waals surface area contributed by atoms with Gasteiger partial charge in [-0.2, -0.15) is 0 Å². The van der Waals surface area contributed by atoms with Crippen LogP contribution in [-0.4, -0.2) is 42.2 Å². The maximum absolute atomic E-state index is 12.5. The molecule has 134 valence electrons. The van der Waals surface area contributed by atoms with E-state index < -0.39 is 0 Å².